The molecule has 1 aromatic rings. The van der Waals surface area contributed by atoms with Crippen LogP contribution in [0.15, 0.2) is 6.07 Å². The van der Waals surface area contributed by atoms with Crippen LogP contribution in [0.5, 0.6) is 0 Å². The molecular formula is C10H15N3. The molecule has 3 nitrogen and oxygen atoms in total. The molecule has 0 bridgehead atoms. The lowest BCUT2D eigenvalue weighted by Gasteiger charge is -2.24. The summed E-state index contributed by atoms with van der Waals surface area (Å²) in [6.07, 6.45) is 0. The van der Waals surface area contributed by atoms with Crippen LogP contribution in [0.3, 0.4) is 0 Å². The Morgan fingerprint density at radius 1 is 1.46 bits per heavy atom. The van der Waals surface area contributed by atoms with E-state index >= 15 is 0 Å². The maximum Gasteiger partial charge on any atom is 0.122 e. The van der Waals surface area contributed by atoms with Crippen LogP contribution < -0.4 is 5.73 Å². The molecule has 0 aromatic carbocycles. The zero-order chi connectivity index (χ0) is 10.2. The largest absolute Gasteiger partial charge is 0.385 e. The zero-order valence-electron chi connectivity index (χ0n) is 8.55. The first-order valence-electron chi connectivity index (χ1n) is 4.26. The standard InChI is InChI=1S/C10H15N3/c1-7-5-8(6-11)13(9(7)12)10(2,3)4/h5H,12H2,1-4H3. The number of aryl methyl sites for hydroxylation is 1. The summed E-state index contributed by atoms with van der Waals surface area (Å²) in [5.74, 6) is 0.684. The molecule has 13 heavy (non-hydrogen) atoms. The van der Waals surface area contributed by atoms with Crippen molar-refractivity contribution >= 4 is 5.82 Å². The number of nitrogen functional groups attached to an aromatic ring is 1. The summed E-state index contributed by atoms with van der Waals surface area (Å²) in [6, 6.07) is 3.97. The Morgan fingerprint density at radius 3 is 2.31 bits per heavy atom. The summed E-state index contributed by atoms with van der Waals surface area (Å²) < 4.78 is 1.86. The van der Waals surface area contributed by atoms with Gasteiger partial charge in [-0.3, -0.25) is 0 Å². The molecule has 0 saturated heterocycles. The number of anilines is 1. The van der Waals surface area contributed by atoms with Crippen molar-refractivity contribution in [3.05, 3.63) is 17.3 Å². The average molecular weight is 177 g/mol. The minimum absolute atomic E-state index is 0.136. The van der Waals surface area contributed by atoms with Gasteiger partial charge >= 0.3 is 0 Å². The molecule has 0 radical (unpaired) electrons. The number of rotatable bonds is 0. The Balaban J connectivity index is 3.44. The van der Waals surface area contributed by atoms with Gasteiger partial charge in [0.2, 0.25) is 0 Å². The van der Waals surface area contributed by atoms with Gasteiger partial charge in [0, 0.05) is 5.54 Å². The van der Waals surface area contributed by atoms with E-state index in [9.17, 15) is 0 Å². The van der Waals surface area contributed by atoms with Crippen LogP contribution in [0.25, 0.3) is 0 Å². The molecule has 0 aliphatic rings. The molecule has 0 spiro atoms. The summed E-state index contributed by atoms with van der Waals surface area (Å²) in [7, 11) is 0. The molecule has 0 amide bonds. The second-order valence-corrected chi connectivity index (χ2v) is 4.22. The van der Waals surface area contributed by atoms with Gasteiger partial charge in [-0.15, -0.1) is 0 Å². The number of hydrogen-bond donors (Lipinski definition) is 1. The van der Waals surface area contributed by atoms with Crippen LogP contribution in [0, 0.1) is 18.3 Å². The Labute approximate surface area is 78.8 Å². The highest BCUT2D eigenvalue weighted by Crippen LogP contribution is 2.25. The highest BCUT2D eigenvalue weighted by Gasteiger charge is 2.20. The molecule has 1 rings (SSSR count). The Hall–Kier alpha value is -1.43. The molecule has 0 fully saturated rings. The molecule has 0 atom stereocenters. The van der Waals surface area contributed by atoms with E-state index in [2.05, 4.69) is 6.07 Å². The predicted octanol–water partition coefficient (Wildman–Crippen LogP) is 2.01. The fourth-order valence-corrected chi connectivity index (χ4v) is 1.45. The van der Waals surface area contributed by atoms with Crippen molar-refractivity contribution in [2.24, 2.45) is 0 Å². The van der Waals surface area contributed by atoms with E-state index in [1.165, 1.54) is 0 Å². The zero-order valence-corrected chi connectivity index (χ0v) is 8.55. The third-order valence-electron chi connectivity index (χ3n) is 2.02. The maximum absolute atomic E-state index is 8.89. The van der Waals surface area contributed by atoms with Gasteiger partial charge in [0.15, 0.2) is 0 Å². The van der Waals surface area contributed by atoms with Crippen molar-refractivity contribution in [2.75, 3.05) is 5.73 Å². The monoisotopic (exact) mass is 177 g/mol. The fraction of sp³-hybridized carbons (Fsp3) is 0.500. The summed E-state index contributed by atoms with van der Waals surface area (Å²) in [6.45, 7) is 8.01. The van der Waals surface area contributed by atoms with Crippen LogP contribution in [0.1, 0.15) is 32.0 Å². The van der Waals surface area contributed by atoms with Gasteiger partial charge < -0.3 is 10.3 Å². The van der Waals surface area contributed by atoms with Crippen molar-refractivity contribution in [3.8, 4) is 6.07 Å². The van der Waals surface area contributed by atoms with Gasteiger partial charge in [0.1, 0.15) is 17.6 Å². The smallest absolute Gasteiger partial charge is 0.122 e. The van der Waals surface area contributed by atoms with Crippen molar-refractivity contribution in [1.82, 2.24) is 4.57 Å². The minimum Gasteiger partial charge on any atom is -0.385 e. The summed E-state index contributed by atoms with van der Waals surface area (Å²) in [5.41, 5.74) is 7.33. The Bertz CT molecular complexity index is 361. The van der Waals surface area contributed by atoms with Crippen molar-refractivity contribution < 1.29 is 0 Å². The van der Waals surface area contributed by atoms with Gasteiger partial charge in [-0.05, 0) is 39.3 Å². The lowest BCUT2D eigenvalue weighted by molar-refractivity contribution is 0.401. The van der Waals surface area contributed by atoms with Crippen molar-refractivity contribution in [1.29, 1.82) is 5.26 Å². The third kappa shape index (κ3) is 1.52. The molecule has 0 unspecified atom stereocenters. The highest BCUT2D eigenvalue weighted by molar-refractivity contribution is 5.48. The molecule has 3 heteroatoms. The maximum atomic E-state index is 8.89. The highest BCUT2D eigenvalue weighted by atomic mass is 15.1. The van der Waals surface area contributed by atoms with Gasteiger partial charge in [0.25, 0.3) is 0 Å². The first-order valence-corrected chi connectivity index (χ1v) is 4.26. The van der Waals surface area contributed by atoms with Crippen LogP contribution in [0.4, 0.5) is 5.82 Å². The molecule has 0 aliphatic heterocycles. The number of aromatic nitrogens is 1. The quantitative estimate of drug-likeness (QED) is 0.659. The van der Waals surface area contributed by atoms with Crippen molar-refractivity contribution in [2.45, 2.75) is 33.2 Å². The van der Waals surface area contributed by atoms with Crippen LogP contribution in [0.2, 0.25) is 0 Å². The molecule has 0 saturated carbocycles. The number of nitrogens with zero attached hydrogens (tertiary/aromatic N) is 2. The predicted molar refractivity (Wildman–Crippen MR) is 53.3 cm³/mol. The average Bonchev–Trinajstić information content (AvgIpc) is 2.26. The van der Waals surface area contributed by atoms with E-state index < -0.39 is 0 Å². The summed E-state index contributed by atoms with van der Waals surface area (Å²) in [4.78, 5) is 0. The van der Waals surface area contributed by atoms with Gasteiger partial charge in [-0.1, -0.05) is 0 Å². The van der Waals surface area contributed by atoms with E-state index in [4.69, 9.17) is 11.0 Å². The van der Waals surface area contributed by atoms with Crippen LogP contribution >= 0.6 is 0 Å². The molecule has 70 valence electrons. The SMILES string of the molecule is Cc1cc(C#N)n(C(C)(C)C)c1N. The first kappa shape index (κ1) is 9.66. The van der Waals surface area contributed by atoms with Crippen molar-refractivity contribution in [3.63, 3.8) is 0 Å². The van der Waals surface area contributed by atoms with E-state index in [0.29, 0.717) is 11.5 Å². The number of nitrogens with two attached hydrogens (primary N) is 1. The second-order valence-electron chi connectivity index (χ2n) is 4.22. The van der Waals surface area contributed by atoms with Crippen LogP contribution in [-0.4, -0.2) is 4.57 Å². The van der Waals surface area contributed by atoms with E-state index in [1.54, 1.807) is 0 Å². The number of hydrogen-bond acceptors (Lipinski definition) is 2. The number of nitriles is 1. The Morgan fingerprint density at radius 2 is 2.00 bits per heavy atom. The molecule has 0 aliphatic carbocycles. The first-order chi connectivity index (χ1) is 5.88. The van der Waals surface area contributed by atoms with Gasteiger partial charge in [-0.2, -0.15) is 5.26 Å². The van der Waals surface area contributed by atoms with Gasteiger partial charge in [0.05, 0.1) is 0 Å². The third-order valence-corrected chi connectivity index (χ3v) is 2.02. The molecule has 1 aromatic heterocycles. The lowest BCUT2D eigenvalue weighted by atomic mass is 10.1. The molecular weight excluding hydrogens is 162 g/mol. The van der Waals surface area contributed by atoms with Gasteiger partial charge in [-0.25, -0.2) is 0 Å². The van der Waals surface area contributed by atoms with E-state index in [-0.39, 0.29) is 5.54 Å². The molecule has 2 N–H and O–H groups in total. The Kier molecular flexibility index (Phi) is 2.09. The van der Waals surface area contributed by atoms with Crippen LogP contribution in [-0.2, 0) is 5.54 Å². The fourth-order valence-electron chi connectivity index (χ4n) is 1.45. The van der Waals surface area contributed by atoms with E-state index in [1.807, 2.05) is 38.3 Å². The summed E-state index contributed by atoms with van der Waals surface area (Å²) in [5, 5.41) is 8.89. The topological polar surface area (TPSA) is 54.7 Å². The minimum atomic E-state index is -0.136. The van der Waals surface area contributed by atoms with E-state index in [0.717, 1.165) is 5.56 Å². The normalized spacial score (nSPS) is 11.3. The second kappa shape index (κ2) is 2.81. The lowest BCUT2D eigenvalue weighted by Crippen LogP contribution is -2.24. The molecule has 1 heterocycles. The summed E-state index contributed by atoms with van der Waals surface area (Å²) >= 11 is 0.